The summed E-state index contributed by atoms with van der Waals surface area (Å²) in [6.07, 6.45) is 2.25. The number of carbonyl (C=O) groups is 2. The molecule has 1 aromatic rings. The lowest BCUT2D eigenvalue weighted by Crippen LogP contribution is -2.64. The van der Waals surface area contributed by atoms with Crippen LogP contribution >= 0.6 is 11.6 Å². The number of hydrogen-bond acceptors (Lipinski definition) is 3. The zero-order valence-electron chi connectivity index (χ0n) is 16.7. The molecule has 1 heterocycles. The number of benzene rings is 1. The number of halogens is 1. The molecule has 0 radical (unpaired) electrons. The van der Waals surface area contributed by atoms with Gasteiger partial charge in [0.05, 0.1) is 6.54 Å². The number of aryl methyl sites for hydroxylation is 1. The van der Waals surface area contributed by atoms with Gasteiger partial charge < -0.3 is 10.6 Å². The summed E-state index contributed by atoms with van der Waals surface area (Å²) < 4.78 is 0. The molecular weight excluding hydrogens is 362 g/mol. The van der Waals surface area contributed by atoms with E-state index in [0.717, 1.165) is 31.5 Å². The smallest absolute Gasteiger partial charge is 0.251 e. The fraction of sp³-hybridized carbons (Fsp3) is 0.619. The standard InChI is InChI=1S/C21H30ClN3O2/c1-14-5-16(7-17(22)6-14)19(27)23-10-15-8-21(9-15)12-25(13-21)11-18(26)24-20(2,3)4/h5-7,15H,8-13H2,1-4H3,(H,23,27)(H,24,26). The summed E-state index contributed by atoms with van der Waals surface area (Å²) in [5.74, 6) is 0.563. The van der Waals surface area contributed by atoms with Gasteiger partial charge in [-0.3, -0.25) is 14.5 Å². The number of rotatable bonds is 5. The van der Waals surface area contributed by atoms with Crippen LogP contribution in [0.2, 0.25) is 5.02 Å². The van der Waals surface area contributed by atoms with Gasteiger partial charge in [-0.1, -0.05) is 11.6 Å². The molecule has 0 atom stereocenters. The second-order valence-corrected chi connectivity index (χ2v) is 9.88. The molecule has 0 bridgehead atoms. The molecule has 2 fully saturated rings. The van der Waals surface area contributed by atoms with E-state index in [1.165, 1.54) is 0 Å². The molecule has 2 amide bonds. The zero-order chi connectivity index (χ0) is 19.8. The van der Waals surface area contributed by atoms with Crippen LogP contribution in [0.3, 0.4) is 0 Å². The second kappa shape index (κ2) is 7.44. The summed E-state index contributed by atoms with van der Waals surface area (Å²) in [6.45, 7) is 11.1. The van der Waals surface area contributed by atoms with Crippen molar-refractivity contribution in [3.8, 4) is 0 Å². The minimum absolute atomic E-state index is 0.0596. The Labute approximate surface area is 166 Å². The van der Waals surface area contributed by atoms with Gasteiger partial charge in [-0.05, 0) is 75.6 Å². The number of amides is 2. The van der Waals surface area contributed by atoms with Gasteiger partial charge in [-0.25, -0.2) is 0 Å². The maximum Gasteiger partial charge on any atom is 0.251 e. The molecule has 2 aliphatic rings. The minimum Gasteiger partial charge on any atom is -0.352 e. The Hall–Kier alpha value is -1.59. The van der Waals surface area contributed by atoms with Crippen LogP contribution in [0, 0.1) is 18.3 Å². The summed E-state index contributed by atoms with van der Waals surface area (Å²) in [5, 5.41) is 6.63. The van der Waals surface area contributed by atoms with Gasteiger partial charge in [0.15, 0.2) is 0 Å². The van der Waals surface area contributed by atoms with Gasteiger partial charge in [0, 0.05) is 35.8 Å². The Morgan fingerprint density at radius 1 is 1.22 bits per heavy atom. The molecule has 27 heavy (non-hydrogen) atoms. The number of likely N-dealkylation sites (tertiary alicyclic amines) is 1. The molecule has 1 saturated carbocycles. The second-order valence-electron chi connectivity index (χ2n) is 9.44. The Bertz CT molecular complexity index is 707. The van der Waals surface area contributed by atoms with E-state index < -0.39 is 0 Å². The van der Waals surface area contributed by atoms with Crippen LogP contribution in [0.4, 0.5) is 0 Å². The van der Waals surface area contributed by atoms with Crippen molar-refractivity contribution in [3.63, 3.8) is 0 Å². The highest BCUT2D eigenvalue weighted by atomic mass is 35.5. The minimum atomic E-state index is -0.180. The molecule has 0 unspecified atom stereocenters. The van der Waals surface area contributed by atoms with E-state index in [9.17, 15) is 9.59 Å². The van der Waals surface area contributed by atoms with Crippen LogP contribution in [0.1, 0.15) is 49.5 Å². The van der Waals surface area contributed by atoms with Crippen molar-refractivity contribution in [1.29, 1.82) is 0 Å². The lowest BCUT2D eigenvalue weighted by Gasteiger charge is -2.59. The van der Waals surface area contributed by atoms with E-state index in [4.69, 9.17) is 11.6 Å². The quantitative estimate of drug-likeness (QED) is 0.811. The van der Waals surface area contributed by atoms with E-state index >= 15 is 0 Å². The highest BCUT2D eigenvalue weighted by Crippen LogP contribution is 2.51. The number of carbonyl (C=O) groups excluding carboxylic acids is 2. The van der Waals surface area contributed by atoms with Crippen molar-refractivity contribution in [3.05, 3.63) is 34.3 Å². The van der Waals surface area contributed by atoms with E-state index in [-0.39, 0.29) is 17.4 Å². The van der Waals surface area contributed by atoms with E-state index in [2.05, 4.69) is 15.5 Å². The zero-order valence-corrected chi connectivity index (χ0v) is 17.4. The van der Waals surface area contributed by atoms with Gasteiger partial charge in [0.1, 0.15) is 0 Å². The maximum atomic E-state index is 12.3. The predicted molar refractivity (Wildman–Crippen MR) is 108 cm³/mol. The van der Waals surface area contributed by atoms with Crippen molar-refractivity contribution in [1.82, 2.24) is 15.5 Å². The molecule has 2 N–H and O–H groups in total. The Morgan fingerprint density at radius 2 is 1.89 bits per heavy atom. The third-order valence-corrected chi connectivity index (χ3v) is 5.52. The largest absolute Gasteiger partial charge is 0.352 e. The molecule has 3 rings (SSSR count). The van der Waals surface area contributed by atoms with Crippen LogP contribution in [0.15, 0.2) is 18.2 Å². The van der Waals surface area contributed by atoms with Gasteiger partial charge in [-0.15, -0.1) is 0 Å². The van der Waals surface area contributed by atoms with Gasteiger partial charge in [-0.2, -0.15) is 0 Å². The predicted octanol–water partition coefficient (Wildman–Crippen LogP) is 3.00. The van der Waals surface area contributed by atoms with E-state index in [1.54, 1.807) is 6.07 Å². The first-order valence-electron chi connectivity index (χ1n) is 9.62. The topological polar surface area (TPSA) is 61.4 Å². The van der Waals surface area contributed by atoms with Crippen molar-refractivity contribution < 1.29 is 9.59 Å². The Balaban J connectivity index is 1.36. The molecule has 1 aromatic carbocycles. The average molecular weight is 392 g/mol. The summed E-state index contributed by atoms with van der Waals surface area (Å²) in [7, 11) is 0. The SMILES string of the molecule is Cc1cc(Cl)cc(C(=O)NCC2CC3(C2)CN(CC(=O)NC(C)(C)C)C3)c1. The Kier molecular flexibility index (Phi) is 5.55. The Morgan fingerprint density at radius 3 is 2.48 bits per heavy atom. The van der Waals surface area contributed by atoms with Gasteiger partial charge in [0.2, 0.25) is 5.91 Å². The summed E-state index contributed by atoms with van der Waals surface area (Å²) >= 11 is 6.03. The van der Waals surface area contributed by atoms with Gasteiger partial charge >= 0.3 is 0 Å². The molecule has 148 valence electrons. The lowest BCUT2D eigenvalue weighted by molar-refractivity contribution is -0.133. The first-order valence-corrected chi connectivity index (χ1v) is 10.0. The van der Waals surface area contributed by atoms with Gasteiger partial charge in [0.25, 0.3) is 5.91 Å². The molecule has 0 aromatic heterocycles. The fourth-order valence-electron chi connectivity index (χ4n) is 4.45. The highest BCUT2D eigenvalue weighted by Gasteiger charge is 2.52. The maximum absolute atomic E-state index is 12.3. The lowest BCUT2D eigenvalue weighted by atomic mass is 9.57. The molecule has 5 nitrogen and oxygen atoms in total. The summed E-state index contributed by atoms with van der Waals surface area (Å²) in [4.78, 5) is 26.5. The normalized spacial score (nSPS) is 19.3. The van der Waals surface area contributed by atoms with Crippen molar-refractivity contribution in [2.45, 2.75) is 46.1 Å². The molecule has 1 saturated heterocycles. The number of nitrogens with zero attached hydrogens (tertiary/aromatic N) is 1. The third kappa shape index (κ3) is 5.23. The number of hydrogen-bond donors (Lipinski definition) is 2. The van der Waals surface area contributed by atoms with Crippen LogP contribution in [-0.4, -0.2) is 48.4 Å². The summed E-state index contributed by atoms with van der Waals surface area (Å²) in [5.41, 5.74) is 1.79. The molecular formula is C21H30ClN3O2. The van der Waals surface area contributed by atoms with Crippen LogP contribution < -0.4 is 10.6 Å². The monoisotopic (exact) mass is 391 g/mol. The van der Waals surface area contributed by atoms with Crippen molar-refractivity contribution in [2.75, 3.05) is 26.2 Å². The first-order chi connectivity index (χ1) is 12.5. The van der Waals surface area contributed by atoms with E-state index in [0.29, 0.717) is 35.0 Å². The molecule has 1 aliphatic heterocycles. The third-order valence-electron chi connectivity index (χ3n) is 5.30. The van der Waals surface area contributed by atoms with Crippen molar-refractivity contribution in [2.24, 2.45) is 11.3 Å². The number of nitrogens with one attached hydrogen (secondary N) is 2. The molecule has 1 spiro atoms. The van der Waals surface area contributed by atoms with Crippen LogP contribution in [0.5, 0.6) is 0 Å². The average Bonchev–Trinajstić information content (AvgIpc) is 2.43. The van der Waals surface area contributed by atoms with Crippen LogP contribution in [-0.2, 0) is 4.79 Å². The van der Waals surface area contributed by atoms with E-state index in [1.807, 2.05) is 39.8 Å². The fourth-order valence-corrected chi connectivity index (χ4v) is 4.74. The summed E-state index contributed by atoms with van der Waals surface area (Å²) in [6, 6.07) is 5.41. The molecule has 6 heteroatoms. The van der Waals surface area contributed by atoms with Crippen LogP contribution in [0.25, 0.3) is 0 Å². The van der Waals surface area contributed by atoms with Crippen molar-refractivity contribution >= 4 is 23.4 Å². The molecule has 1 aliphatic carbocycles. The highest BCUT2D eigenvalue weighted by molar-refractivity contribution is 6.31. The first kappa shape index (κ1) is 20.2.